The van der Waals surface area contributed by atoms with Gasteiger partial charge >= 0.3 is 0 Å². The molecular weight excluding hydrogens is 306 g/mol. The van der Waals surface area contributed by atoms with Gasteiger partial charge in [-0.2, -0.15) is 5.10 Å². The fourth-order valence-corrected chi connectivity index (χ4v) is 3.45. The largest absolute Gasteiger partial charge is 0.474 e. The second-order valence-electron chi connectivity index (χ2n) is 6.57. The first-order chi connectivity index (χ1) is 11.9. The molecule has 2 N–H and O–H groups in total. The fraction of sp³-hybridized carbons (Fsp3) is 0.647. The minimum atomic E-state index is 0.249. The summed E-state index contributed by atoms with van der Waals surface area (Å²) in [5.41, 5.74) is 1.15. The Morgan fingerprint density at radius 2 is 2.17 bits per heavy atom. The van der Waals surface area contributed by atoms with Crippen LogP contribution in [0.3, 0.4) is 0 Å². The number of H-pyrrole nitrogens is 1. The molecule has 3 aliphatic rings. The molecule has 0 amide bonds. The lowest BCUT2D eigenvalue weighted by Crippen LogP contribution is -2.36. The number of nitrogens with one attached hydrogen (secondary N) is 2. The van der Waals surface area contributed by atoms with E-state index in [-0.39, 0.29) is 6.10 Å². The van der Waals surface area contributed by atoms with Crippen molar-refractivity contribution in [1.82, 2.24) is 15.5 Å². The average molecular weight is 331 g/mol. The maximum absolute atomic E-state index is 6.21. The topological polar surface area (TPSA) is 74.8 Å². The summed E-state index contributed by atoms with van der Waals surface area (Å²) in [5, 5.41) is 11.1. The molecule has 7 heteroatoms. The van der Waals surface area contributed by atoms with E-state index in [1.54, 1.807) is 6.20 Å². The van der Waals surface area contributed by atoms with Gasteiger partial charge in [0, 0.05) is 30.5 Å². The standard InChI is InChI=1S/C17H25N5O2/c1-2-13(12-23-9-1)15-10-16(21-20-15)22-8-7-19-11-17(22)24-14-3-5-18-6-4-14/h7,10-11,13-14,18H,1-6,8-9,12H2,(H,20,21)/t13-/m0/s1. The Morgan fingerprint density at radius 1 is 1.25 bits per heavy atom. The highest BCUT2D eigenvalue weighted by atomic mass is 16.5. The van der Waals surface area contributed by atoms with Crippen LogP contribution in [0.4, 0.5) is 5.82 Å². The second-order valence-corrected chi connectivity index (χ2v) is 6.57. The van der Waals surface area contributed by atoms with Gasteiger partial charge < -0.3 is 14.8 Å². The summed E-state index contributed by atoms with van der Waals surface area (Å²) in [6.07, 6.45) is 8.24. The Kier molecular flexibility index (Phi) is 4.80. The first-order valence-corrected chi connectivity index (χ1v) is 8.90. The monoisotopic (exact) mass is 331 g/mol. The van der Waals surface area contributed by atoms with Gasteiger partial charge in [-0.25, -0.2) is 0 Å². The van der Waals surface area contributed by atoms with Gasteiger partial charge in [-0.1, -0.05) is 0 Å². The van der Waals surface area contributed by atoms with Crippen molar-refractivity contribution in [3.63, 3.8) is 0 Å². The molecule has 0 bridgehead atoms. The normalized spacial score (nSPS) is 25.6. The highest BCUT2D eigenvalue weighted by Gasteiger charge is 2.25. The minimum absolute atomic E-state index is 0.249. The zero-order chi connectivity index (χ0) is 16.2. The van der Waals surface area contributed by atoms with Crippen molar-refractivity contribution < 1.29 is 9.47 Å². The molecule has 4 rings (SSSR count). The Bertz CT molecular complexity index is 600. The van der Waals surface area contributed by atoms with E-state index >= 15 is 0 Å². The number of hydrogen-bond acceptors (Lipinski definition) is 6. The molecule has 24 heavy (non-hydrogen) atoms. The Hall–Kier alpha value is -1.86. The van der Waals surface area contributed by atoms with Gasteiger partial charge in [0.1, 0.15) is 6.10 Å². The lowest BCUT2D eigenvalue weighted by Gasteiger charge is -2.30. The zero-order valence-corrected chi connectivity index (χ0v) is 13.9. The number of hydrogen-bond donors (Lipinski definition) is 2. The van der Waals surface area contributed by atoms with Gasteiger partial charge in [-0.3, -0.25) is 15.0 Å². The van der Waals surface area contributed by atoms with Gasteiger partial charge in [0.25, 0.3) is 0 Å². The molecule has 7 nitrogen and oxygen atoms in total. The summed E-state index contributed by atoms with van der Waals surface area (Å²) in [4.78, 5) is 6.35. The minimum Gasteiger partial charge on any atom is -0.474 e. The van der Waals surface area contributed by atoms with Gasteiger partial charge in [-0.05, 0) is 38.8 Å². The van der Waals surface area contributed by atoms with Gasteiger partial charge in [0.05, 0.1) is 19.4 Å². The molecule has 0 aromatic carbocycles. The average Bonchev–Trinajstić information content (AvgIpc) is 3.14. The number of aromatic nitrogens is 2. The van der Waals surface area contributed by atoms with Crippen LogP contribution in [0.5, 0.6) is 0 Å². The SMILES string of the molecule is C1=NC=C(OC2CCNCC2)N(c2cc([C@H]3CCCOC3)[nH]n2)C1. The van der Waals surface area contributed by atoms with Gasteiger partial charge in [-0.15, -0.1) is 0 Å². The van der Waals surface area contributed by atoms with Crippen LogP contribution in [0.2, 0.25) is 0 Å². The van der Waals surface area contributed by atoms with Crippen molar-refractivity contribution in [2.24, 2.45) is 4.99 Å². The summed E-state index contributed by atoms with van der Waals surface area (Å²) in [6.45, 7) is 4.35. The van der Waals surface area contributed by atoms with Crippen LogP contribution in [0.15, 0.2) is 23.1 Å². The molecule has 3 aliphatic heterocycles. The number of piperidine rings is 1. The zero-order valence-electron chi connectivity index (χ0n) is 13.9. The summed E-state index contributed by atoms with van der Waals surface area (Å²) in [5.74, 6) is 2.10. The van der Waals surface area contributed by atoms with Crippen molar-refractivity contribution in [2.45, 2.75) is 37.7 Å². The molecule has 0 spiro atoms. The van der Waals surface area contributed by atoms with E-state index < -0.39 is 0 Å². The molecule has 1 aromatic rings. The third-order valence-electron chi connectivity index (χ3n) is 4.86. The molecule has 2 fully saturated rings. The van der Waals surface area contributed by atoms with E-state index in [4.69, 9.17) is 9.47 Å². The maximum Gasteiger partial charge on any atom is 0.214 e. The number of aromatic amines is 1. The van der Waals surface area contributed by atoms with Crippen molar-refractivity contribution in [2.75, 3.05) is 37.7 Å². The third kappa shape index (κ3) is 3.47. The third-order valence-corrected chi connectivity index (χ3v) is 4.86. The molecule has 4 heterocycles. The van der Waals surface area contributed by atoms with Crippen LogP contribution in [0.1, 0.15) is 37.3 Å². The van der Waals surface area contributed by atoms with E-state index in [1.165, 1.54) is 0 Å². The number of aliphatic imine (C=N–C) groups is 1. The van der Waals surface area contributed by atoms with Crippen LogP contribution in [0, 0.1) is 0 Å². The molecule has 0 unspecified atom stereocenters. The molecule has 1 aromatic heterocycles. The van der Waals surface area contributed by atoms with E-state index in [9.17, 15) is 0 Å². The van der Waals surface area contributed by atoms with Crippen LogP contribution < -0.4 is 10.2 Å². The Morgan fingerprint density at radius 3 is 3.00 bits per heavy atom. The molecular formula is C17H25N5O2. The number of ether oxygens (including phenoxy) is 2. The summed E-state index contributed by atoms with van der Waals surface area (Å²) in [6, 6.07) is 2.12. The Balaban J connectivity index is 1.46. The van der Waals surface area contributed by atoms with Crippen LogP contribution in [-0.4, -0.2) is 55.4 Å². The van der Waals surface area contributed by atoms with E-state index in [1.807, 2.05) is 6.21 Å². The Labute approximate surface area is 142 Å². The lowest BCUT2D eigenvalue weighted by molar-refractivity contribution is 0.0793. The van der Waals surface area contributed by atoms with Crippen molar-refractivity contribution >= 4 is 12.0 Å². The summed E-state index contributed by atoms with van der Waals surface area (Å²) < 4.78 is 11.8. The molecule has 130 valence electrons. The highest BCUT2D eigenvalue weighted by molar-refractivity contribution is 5.69. The smallest absolute Gasteiger partial charge is 0.214 e. The van der Waals surface area contributed by atoms with Crippen LogP contribution >= 0.6 is 0 Å². The van der Waals surface area contributed by atoms with Crippen molar-refractivity contribution in [3.8, 4) is 0 Å². The molecule has 0 aliphatic carbocycles. The maximum atomic E-state index is 6.21. The molecule has 1 atom stereocenters. The number of nitrogens with zero attached hydrogens (tertiary/aromatic N) is 3. The predicted molar refractivity (Wildman–Crippen MR) is 92.3 cm³/mol. The van der Waals surface area contributed by atoms with E-state index in [0.29, 0.717) is 12.5 Å². The summed E-state index contributed by atoms with van der Waals surface area (Å²) >= 11 is 0. The van der Waals surface area contributed by atoms with E-state index in [2.05, 4.69) is 31.5 Å². The fourth-order valence-electron chi connectivity index (χ4n) is 3.45. The van der Waals surface area contributed by atoms with Crippen molar-refractivity contribution in [3.05, 3.63) is 23.8 Å². The molecule has 2 saturated heterocycles. The van der Waals surface area contributed by atoms with Crippen LogP contribution in [-0.2, 0) is 9.47 Å². The van der Waals surface area contributed by atoms with Crippen LogP contribution in [0.25, 0.3) is 0 Å². The second kappa shape index (κ2) is 7.36. The van der Waals surface area contributed by atoms with Gasteiger partial charge in [0.15, 0.2) is 5.82 Å². The molecule has 0 radical (unpaired) electrons. The summed E-state index contributed by atoms with van der Waals surface area (Å²) in [7, 11) is 0. The van der Waals surface area contributed by atoms with Gasteiger partial charge in [0.2, 0.25) is 5.88 Å². The lowest BCUT2D eigenvalue weighted by atomic mass is 9.99. The first-order valence-electron chi connectivity index (χ1n) is 8.90. The molecule has 0 saturated carbocycles. The van der Waals surface area contributed by atoms with Crippen molar-refractivity contribution in [1.29, 1.82) is 0 Å². The number of rotatable bonds is 4. The first kappa shape index (κ1) is 15.7. The quantitative estimate of drug-likeness (QED) is 0.879. The van der Waals surface area contributed by atoms with E-state index in [0.717, 1.165) is 69.4 Å². The highest BCUT2D eigenvalue weighted by Crippen LogP contribution is 2.28. The predicted octanol–water partition coefficient (Wildman–Crippen LogP) is 1.76. The number of anilines is 1.